The first-order valence-corrected chi connectivity index (χ1v) is 8.95. The van der Waals surface area contributed by atoms with Crippen LogP contribution in [0.1, 0.15) is 52.9 Å². The minimum Gasteiger partial charge on any atom is -0.302 e. The third-order valence-corrected chi connectivity index (χ3v) is 5.57. The average Bonchev–Trinajstić information content (AvgIpc) is 2.39. The van der Waals surface area contributed by atoms with Crippen molar-refractivity contribution in [2.45, 2.75) is 52.9 Å². The van der Waals surface area contributed by atoms with E-state index < -0.39 is 0 Å². The molecule has 2 rings (SSSR count). The molecular weight excluding hydrogens is 254 g/mol. The van der Waals surface area contributed by atoms with Crippen LogP contribution >= 0.6 is 11.8 Å². The van der Waals surface area contributed by atoms with Crippen molar-refractivity contribution in [3.8, 4) is 0 Å². The van der Waals surface area contributed by atoms with Gasteiger partial charge in [-0.15, -0.1) is 0 Å². The second-order valence-corrected chi connectivity index (χ2v) is 8.53. The smallest absolute Gasteiger partial charge is 0.145 e. The SMILES string of the molecule is CC(C)(C)C(=O)C1(CN2CCCCC2)CCSCC1. The van der Waals surface area contributed by atoms with Crippen LogP contribution in [0.25, 0.3) is 0 Å². The van der Waals surface area contributed by atoms with E-state index in [4.69, 9.17) is 0 Å². The average molecular weight is 283 g/mol. The van der Waals surface area contributed by atoms with Gasteiger partial charge in [0, 0.05) is 17.4 Å². The Hall–Kier alpha value is -0.0200. The summed E-state index contributed by atoms with van der Waals surface area (Å²) in [4.78, 5) is 15.5. The summed E-state index contributed by atoms with van der Waals surface area (Å²) in [7, 11) is 0. The maximum absolute atomic E-state index is 13.0. The number of carbonyl (C=O) groups is 1. The van der Waals surface area contributed by atoms with E-state index in [1.54, 1.807) is 0 Å². The van der Waals surface area contributed by atoms with Gasteiger partial charge in [-0.05, 0) is 50.3 Å². The molecule has 2 saturated heterocycles. The van der Waals surface area contributed by atoms with Gasteiger partial charge in [0.05, 0.1) is 0 Å². The van der Waals surface area contributed by atoms with Crippen molar-refractivity contribution < 1.29 is 4.79 Å². The van der Waals surface area contributed by atoms with E-state index in [2.05, 4.69) is 25.7 Å². The van der Waals surface area contributed by atoms with E-state index in [1.165, 1.54) is 32.4 Å². The third-order valence-electron chi connectivity index (χ3n) is 4.59. The van der Waals surface area contributed by atoms with E-state index in [0.29, 0.717) is 5.78 Å². The van der Waals surface area contributed by atoms with Gasteiger partial charge in [-0.2, -0.15) is 11.8 Å². The van der Waals surface area contributed by atoms with Crippen LogP contribution in [0.2, 0.25) is 0 Å². The van der Waals surface area contributed by atoms with Gasteiger partial charge in [-0.3, -0.25) is 4.79 Å². The van der Waals surface area contributed by atoms with Crippen molar-refractivity contribution in [2.24, 2.45) is 10.8 Å². The summed E-state index contributed by atoms with van der Waals surface area (Å²) in [5.41, 5.74) is -0.251. The van der Waals surface area contributed by atoms with Crippen LogP contribution in [0.4, 0.5) is 0 Å². The molecule has 0 amide bonds. The fourth-order valence-electron chi connectivity index (χ4n) is 3.56. The van der Waals surface area contributed by atoms with Gasteiger partial charge < -0.3 is 4.90 Å². The van der Waals surface area contributed by atoms with Gasteiger partial charge in [-0.1, -0.05) is 27.2 Å². The molecule has 0 spiro atoms. The van der Waals surface area contributed by atoms with Gasteiger partial charge in [0.25, 0.3) is 0 Å². The lowest BCUT2D eigenvalue weighted by atomic mass is 9.68. The molecule has 2 aliphatic rings. The summed E-state index contributed by atoms with van der Waals surface area (Å²) in [6, 6.07) is 0. The number of rotatable bonds is 3. The number of ketones is 1. The molecule has 0 aromatic carbocycles. The van der Waals surface area contributed by atoms with Crippen LogP contribution in [-0.2, 0) is 4.79 Å². The van der Waals surface area contributed by atoms with Crippen molar-refractivity contribution in [1.82, 2.24) is 4.90 Å². The van der Waals surface area contributed by atoms with Crippen LogP contribution in [-0.4, -0.2) is 41.8 Å². The van der Waals surface area contributed by atoms with E-state index >= 15 is 0 Å². The molecule has 3 heteroatoms. The summed E-state index contributed by atoms with van der Waals surface area (Å²) in [6.45, 7) is 9.70. The fraction of sp³-hybridized carbons (Fsp3) is 0.938. The molecule has 0 aromatic rings. The molecule has 0 N–H and O–H groups in total. The minimum atomic E-state index is -0.197. The highest BCUT2D eigenvalue weighted by molar-refractivity contribution is 7.99. The molecule has 0 unspecified atom stereocenters. The molecule has 0 aliphatic carbocycles. The first kappa shape index (κ1) is 15.4. The first-order chi connectivity index (χ1) is 8.94. The number of piperidine rings is 1. The number of hydrogen-bond acceptors (Lipinski definition) is 3. The molecule has 0 atom stereocenters. The monoisotopic (exact) mass is 283 g/mol. The van der Waals surface area contributed by atoms with Gasteiger partial charge in [0.2, 0.25) is 0 Å². The first-order valence-electron chi connectivity index (χ1n) is 7.79. The lowest BCUT2D eigenvalue weighted by molar-refractivity contribution is -0.138. The summed E-state index contributed by atoms with van der Waals surface area (Å²) in [6.07, 6.45) is 6.17. The van der Waals surface area contributed by atoms with Crippen molar-refractivity contribution in [3.63, 3.8) is 0 Å². The lowest BCUT2D eigenvalue weighted by Gasteiger charge is -2.43. The third kappa shape index (κ3) is 3.75. The Morgan fingerprint density at radius 1 is 1.11 bits per heavy atom. The summed E-state index contributed by atoms with van der Waals surface area (Å²) in [5.74, 6) is 2.83. The van der Waals surface area contributed by atoms with E-state index in [0.717, 1.165) is 30.9 Å². The Balaban J connectivity index is 2.11. The summed E-state index contributed by atoms with van der Waals surface area (Å²) in [5, 5.41) is 0. The quantitative estimate of drug-likeness (QED) is 0.789. The van der Waals surface area contributed by atoms with Crippen molar-refractivity contribution in [3.05, 3.63) is 0 Å². The van der Waals surface area contributed by atoms with Gasteiger partial charge in [0.15, 0.2) is 0 Å². The molecule has 0 aromatic heterocycles. The van der Waals surface area contributed by atoms with Crippen molar-refractivity contribution in [1.29, 1.82) is 0 Å². The molecule has 2 fully saturated rings. The molecule has 0 saturated carbocycles. The van der Waals surface area contributed by atoms with Gasteiger partial charge in [-0.25, -0.2) is 0 Å². The Morgan fingerprint density at radius 2 is 1.68 bits per heavy atom. The Bertz CT molecular complexity index is 309. The van der Waals surface area contributed by atoms with Crippen molar-refractivity contribution in [2.75, 3.05) is 31.1 Å². The second kappa shape index (κ2) is 6.17. The number of nitrogens with zero attached hydrogens (tertiary/aromatic N) is 1. The van der Waals surface area contributed by atoms with Crippen LogP contribution in [0, 0.1) is 10.8 Å². The predicted molar refractivity (Wildman–Crippen MR) is 83.7 cm³/mol. The number of carbonyl (C=O) groups excluding carboxylic acids is 1. The van der Waals surface area contributed by atoms with Crippen LogP contribution in [0.5, 0.6) is 0 Å². The number of thioether (sulfide) groups is 1. The van der Waals surface area contributed by atoms with E-state index in [1.807, 2.05) is 11.8 Å². The van der Waals surface area contributed by atoms with Gasteiger partial charge >= 0.3 is 0 Å². The standard InChI is InChI=1S/C16H29NOS/c1-15(2,3)14(18)16(7-11-19-12-8-16)13-17-9-5-4-6-10-17/h4-13H2,1-3H3. The van der Waals surface area contributed by atoms with Crippen molar-refractivity contribution >= 4 is 17.5 Å². The highest BCUT2D eigenvalue weighted by atomic mass is 32.2. The topological polar surface area (TPSA) is 20.3 Å². The highest BCUT2D eigenvalue weighted by Crippen LogP contribution is 2.42. The zero-order valence-electron chi connectivity index (χ0n) is 12.8. The summed E-state index contributed by atoms with van der Waals surface area (Å²) >= 11 is 2.02. The molecular formula is C16H29NOS. The number of Topliss-reactive ketones (excluding diaryl/α,β-unsaturated/α-hetero) is 1. The molecule has 110 valence electrons. The maximum Gasteiger partial charge on any atom is 0.145 e. The number of likely N-dealkylation sites (tertiary alicyclic amines) is 1. The lowest BCUT2D eigenvalue weighted by Crippen LogP contribution is -2.50. The predicted octanol–water partition coefficient (Wildman–Crippen LogP) is 3.60. The van der Waals surface area contributed by atoms with Crippen LogP contribution in [0.3, 0.4) is 0 Å². The summed E-state index contributed by atoms with van der Waals surface area (Å²) < 4.78 is 0. The Morgan fingerprint density at radius 3 is 2.21 bits per heavy atom. The van der Waals surface area contributed by atoms with Crippen LogP contribution in [0.15, 0.2) is 0 Å². The van der Waals surface area contributed by atoms with Gasteiger partial charge in [0.1, 0.15) is 5.78 Å². The minimum absolute atomic E-state index is 0.0547. The zero-order chi connectivity index (χ0) is 13.9. The molecule has 0 radical (unpaired) electrons. The largest absolute Gasteiger partial charge is 0.302 e. The molecule has 2 aliphatic heterocycles. The molecule has 19 heavy (non-hydrogen) atoms. The maximum atomic E-state index is 13.0. The van der Waals surface area contributed by atoms with E-state index in [-0.39, 0.29) is 10.8 Å². The normalized spacial score (nSPS) is 25.2. The number of hydrogen-bond donors (Lipinski definition) is 0. The molecule has 2 nitrogen and oxygen atoms in total. The highest BCUT2D eigenvalue weighted by Gasteiger charge is 2.45. The fourth-order valence-corrected chi connectivity index (χ4v) is 4.83. The van der Waals surface area contributed by atoms with Crippen LogP contribution < -0.4 is 0 Å². The van der Waals surface area contributed by atoms with E-state index in [9.17, 15) is 4.79 Å². The molecule has 2 heterocycles. The zero-order valence-corrected chi connectivity index (χ0v) is 13.7. The second-order valence-electron chi connectivity index (χ2n) is 7.31. The Kier molecular flexibility index (Phi) is 4.99. The Labute approximate surface area is 122 Å². The molecule has 0 bridgehead atoms.